The lowest BCUT2D eigenvalue weighted by Gasteiger charge is -2.21. The molecule has 0 aliphatic carbocycles. The van der Waals surface area contributed by atoms with E-state index in [1.165, 1.54) is 4.90 Å². The van der Waals surface area contributed by atoms with Crippen LogP contribution in [0.25, 0.3) is 0 Å². The van der Waals surface area contributed by atoms with E-state index in [0.29, 0.717) is 25.4 Å². The van der Waals surface area contributed by atoms with Gasteiger partial charge in [-0.2, -0.15) is 0 Å². The summed E-state index contributed by atoms with van der Waals surface area (Å²) in [5.74, 6) is 0.0843. The number of nitrogens with one attached hydrogen (secondary N) is 1. The molecule has 0 saturated carbocycles. The zero-order valence-corrected chi connectivity index (χ0v) is 13.0. The van der Waals surface area contributed by atoms with Crippen LogP contribution in [-0.2, 0) is 14.9 Å². The normalized spacial score (nSPS) is 18.9. The van der Waals surface area contributed by atoms with Crippen LogP contribution in [0.2, 0.25) is 0 Å². The molecular weight excluding hydrogens is 272 g/mol. The van der Waals surface area contributed by atoms with E-state index in [9.17, 15) is 9.59 Å². The van der Waals surface area contributed by atoms with Gasteiger partial charge in [-0.1, -0.05) is 20.8 Å². The average molecular weight is 294 g/mol. The minimum atomic E-state index is -0.519. The Hall–Kier alpha value is -1.92. The van der Waals surface area contributed by atoms with E-state index < -0.39 is 6.04 Å². The third-order valence-corrected chi connectivity index (χ3v) is 3.46. The quantitative estimate of drug-likeness (QED) is 0.848. The number of rotatable bonds is 3. The summed E-state index contributed by atoms with van der Waals surface area (Å²) in [6.45, 7) is 8.55. The summed E-state index contributed by atoms with van der Waals surface area (Å²) in [7, 11) is 0. The van der Waals surface area contributed by atoms with Crippen molar-refractivity contribution in [2.24, 2.45) is 0 Å². The molecule has 116 valence electrons. The van der Waals surface area contributed by atoms with Crippen molar-refractivity contribution in [3.63, 3.8) is 0 Å². The fraction of sp³-hybridized carbons (Fsp3) is 0.714. The molecule has 1 fully saturated rings. The maximum atomic E-state index is 12.5. The molecule has 2 rings (SSSR count). The summed E-state index contributed by atoms with van der Waals surface area (Å²) in [5.41, 5.74) is -0.211. The van der Waals surface area contributed by atoms with Gasteiger partial charge in [0, 0.05) is 12.0 Å². The fourth-order valence-electron chi connectivity index (χ4n) is 2.31. The van der Waals surface area contributed by atoms with Crippen molar-refractivity contribution < 1.29 is 14.3 Å². The second-order valence-corrected chi connectivity index (χ2v) is 6.17. The van der Waals surface area contributed by atoms with Crippen molar-refractivity contribution in [1.29, 1.82) is 0 Å². The van der Waals surface area contributed by atoms with Crippen molar-refractivity contribution in [3.05, 3.63) is 11.6 Å². The number of amides is 1. The highest BCUT2D eigenvalue weighted by molar-refractivity contribution is 5.94. The highest BCUT2D eigenvalue weighted by atomic mass is 16.5. The van der Waals surface area contributed by atoms with Crippen LogP contribution in [0.1, 0.15) is 57.0 Å². The van der Waals surface area contributed by atoms with Crippen LogP contribution in [0.4, 0.5) is 0 Å². The first-order valence-electron chi connectivity index (χ1n) is 7.25. The summed E-state index contributed by atoms with van der Waals surface area (Å²) >= 11 is 0. The monoisotopic (exact) mass is 294 g/mol. The molecule has 0 aromatic carbocycles. The van der Waals surface area contributed by atoms with E-state index in [2.05, 4.69) is 15.2 Å². The van der Waals surface area contributed by atoms with Crippen LogP contribution in [0.5, 0.6) is 0 Å². The summed E-state index contributed by atoms with van der Waals surface area (Å²) < 4.78 is 5.02. The number of nitrogens with zero attached hydrogens (tertiary/aromatic N) is 3. The predicted molar refractivity (Wildman–Crippen MR) is 75.8 cm³/mol. The Morgan fingerprint density at radius 2 is 2.14 bits per heavy atom. The highest BCUT2D eigenvalue weighted by Crippen LogP contribution is 2.22. The summed E-state index contributed by atoms with van der Waals surface area (Å²) in [6, 6.07) is -0.519. The number of carbonyl (C=O) groups excluding carboxylic acids is 2. The van der Waals surface area contributed by atoms with E-state index in [1.807, 2.05) is 20.8 Å². The lowest BCUT2D eigenvalue weighted by atomic mass is 9.96. The van der Waals surface area contributed by atoms with Gasteiger partial charge in [0.1, 0.15) is 11.9 Å². The Morgan fingerprint density at radius 3 is 2.71 bits per heavy atom. The number of esters is 1. The molecule has 21 heavy (non-hydrogen) atoms. The third kappa shape index (κ3) is 3.22. The maximum Gasteiger partial charge on any atom is 0.328 e. The Morgan fingerprint density at radius 1 is 1.43 bits per heavy atom. The molecule has 1 atom stereocenters. The number of hydrogen-bond donors (Lipinski definition) is 1. The Bertz CT molecular complexity index is 533. The molecule has 1 aliphatic rings. The first kappa shape index (κ1) is 15.5. The second kappa shape index (κ2) is 5.83. The number of aromatic nitrogens is 3. The number of aromatic amines is 1. The summed E-state index contributed by atoms with van der Waals surface area (Å²) in [5, 5.41) is 6.78. The molecule has 1 amide bonds. The van der Waals surface area contributed by atoms with Gasteiger partial charge < -0.3 is 9.64 Å². The second-order valence-electron chi connectivity index (χ2n) is 6.17. The lowest BCUT2D eigenvalue weighted by molar-refractivity contribution is -0.147. The topological polar surface area (TPSA) is 88.2 Å². The molecule has 0 bridgehead atoms. The molecule has 1 aliphatic heterocycles. The van der Waals surface area contributed by atoms with Gasteiger partial charge in [0.05, 0.1) is 6.61 Å². The van der Waals surface area contributed by atoms with E-state index in [0.717, 1.165) is 6.42 Å². The first-order chi connectivity index (χ1) is 9.84. The van der Waals surface area contributed by atoms with Crippen molar-refractivity contribution in [1.82, 2.24) is 20.1 Å². The Labute approximate surface area is 124 Å². The van der Waals surface area contributed by atoms with Gasteiger partial charge in [0.25, 0.3) is 5.91 Å². The van der Waals surface area contributed by atoms with Gasteiger partial charge >= 0.3 is 5.97 Å². The third-order valence-electron chi connectivity index (χ3n) is 3.46. The van der Waals surface area contributed by atoms with Crippen LogP contribution in [0, 0.1) is 0 Å². The number of hydrogen-bond acceptors (Lipinski definition) is 5. The minimum absolute atomic E-state index is 0.108. The Kier molecular flexibility index (Phi) is 4.29. The average Bonchev–Trinajstić information content (AvgIpc) is 3.07. The van der Waals surface area contributed by atoms with Crippen LogP contribution in [0.15, 0.2) is 0 Å². The molecule has 7 heteroatoms. The van der Waals surface area contributed by atoms with Crippen molar-refractivity contribution in [2.45, 2.75) is 52.0 Å². The molecule has 7 nitrogen and oxygen atoms in total. The van der Waals surface area contributed by atoms with Gasteiger partial charge in [-0.05, 0) is 19.8 Å². The van der Waals surface area contributed by atoms with Crippen LogP contribution >= 0.6 is 0 Å². The predicted octanol–water partition coefficient (Wildman–Crippen LogP) is 1.27. The lowest BCUT2D eigenvalue weighted by Crippen LogP contribution is -2.41. The molecule has 2 heterocycles. The largest absolute Gasteiger partial charge is 0.464 e. The number of H-pyrrole nitrogens is 1. The van der Waals surface area contributed by atoms with Crippen LogP contribution < -0.4 is 0 Å². The highest BCUT2D eigenvalue weighted by Gasteiger charge is 2.37. The molecular formula is C14H22N4O3. The molecule has 1 aromatic rings. The van der Waals surface area contributed by atoms with Gasteiger partial charge in [-0.15, -0.1) is 5.10 Å². The molecule has 1 saturated heterocycles. The van der Waals surface area contributed by atoms with E-state index in [-0.39, 0.29) is 23.1 Å². The Balaban J connectivity index is 2.15. The number of carbonyl (C=O) groups is 2. The van der Waals surface area contributed by atoms with E-state index in [1.54, 1.807) is 6.92 Å². The standard InChI is InChI=1S/C14H22N4O3/c1-5-21-12(20)9-7-6-8-18(9)11(19)10-15-13(17-16-10)14(2,3)4/h9H,5-8H2,1-4H3,(H,15,16,17). The summed E-state index contributed by atoms with van der Waals surface area (Å²) in [6.07, 6.45) is 1.41. The van der Waals surface area contributed by atoms with Crippen molar-refractivity contribution >= 4 is 11.9 Å². The van der Waals surface area contributed by atoms with Crippen LogP contribution in [0.3, 0.4) is 0 Å². The number of likely N-dealkylation sites (tertiary alicyclic amines) is 1. The molecule has 1 unspecified atom stereocenters. The number of ether oxygens (including phenoxy) is 1. The molecule has 0 spiro atoms. The van der Waals surface area contributed by atoms with Crippen molar-refractivity contribution in [2.75, 3.05) is 13.2 Å². The smallest absolute Gasteiger partial charge is 0.328 e. The van der Waals surface area contributed by atoms with Gasteiger partial charge in [-0.3, -0.25) is 9.89 Å². The molecule has 1 aromatic heterocycles. The van der Waals surface area contributed by atoms with E-state index >= 15 is 0 Å². The van der Waals surface area contributed by atoms with Gasteiger partial charge in [0.2, 0.25) is 5.82 Å². The van der Waals surface area contributed by atoms with E-state index in [4.69, 9.17) is 4.74 Å². The maximum absolute atomic E-state index is 12.5. The minimum Gasteiger partial charge on any atom is -0.464 e. The van der Waals surface area contributed by atoms with Crippen LogP contribution in [-0.4, -0.2) is 51.2 Å². The van der Waals surface area contributed by atoms with Gasteiger partial charge in [-0.25, -0.2) is 9.78 Å². The zero-order chi connectivity index (χ0) is 15.6. The SMILES string of the molecule is CCOC(=O)C1CCCN1C(=O)c1n[nH]c(C(C)(C)C)n1. The van der Waals surface area contributed by atoms with Gasteiger partial charge in [0.15, 0.2) is 0 Å². The van der Waals surface area contributed by atoms with Crippen molar-refractivity contribution in [3.8, 4) is 0 Å². The fourth-order valence-corrected chi connectivity index (χ4v) is 2.31. The zero-order valence-electron chi connectivity index (χ0n) is 13.0. The molecule has 0 radical (unpaired) electrons. The first-order valence-corrected chi connectivity index (χ1v) is 7.25. The summed E-state index contributed by atoms with van der Waals surface area (Å²) in [4.78, 5) is 30.1. The molecule has 1 N–H and O–H groups in total.